The molecule has 1 heterocycles. The summed E-state index contributed by atoms with van der Waals surface area (Å²) in [6.45, 7) is 9.33. The van der Waals surface area contributed by atoms with Gasteiger partial charge in [0, 0.05) is 20.2 Å². The Morgan fingerprint density at radius 3 is 2.55 bits per heavy atom. The number of likely N-dealkylation sites (tertiary alicyclic amines) is 1. The lowest BCUT2D eigenvalue weighted by Crippen LogP contribution is -2.37. The fourth-order valence-corrected chi connectivity index (χ4v) is 3.22. The van der Waals surface area contributed by atoms with Gasteiger partial charge in [-0.1, -0.05) is 13.8 Å². The summed E-state index contributed by atoms with van der Waals surface area (Å²) in [5, 5.41) is 10.7. The number of rotatable bonds is 11. The van der Waals surface area contributed by atoms with Crippen molar-refractivity contribution in [1.82, 2.24) is 9.80 Å². The van der Waals surface area contributed by atoms with Crippen molar-refractivity contribution in [2.75, 3.05) is 46.4 Å². The molecule has 1 aliphatic rings. The van der Waals surface area contributed by atoms with E-state index in [1.807, 2.05) is 0 Å². The summed E-state index contributed by atoms with van der Waals surface area (Å²) in [7, 11) is 1.60. The van der Waals surface area contributed by atoms with Crippen molar-refractivity contribution in [3.8, 4) is 0 Å². The van der Waals surface area contributed by atoms with Crippen LogP contribution < -0.4 is 0 Å². The smallest absolute Gasteiger partial charge is 0.224 e. The van der Waals surface area contributed by atoms with E-state index in [1.54, 1.807) is 12.0 Å². The minimum atomic E-state index is -0.688. The van der Waals surface area contributed by atoms with Gasteiger partial charge in [-0.25, -0.2) is 0 Å². The van der Waals surface area contributed by atoms with Crippen LogP contribution in [0.2, 0.25) is 0 Å². The molecule has 1 atom stereocenters. The van der Waals surface area contributed by atoms with Crippen molar-refractivity contribution in [1.29, 1.82) is 0 Å². The van der Waals surface area contributed by atoms with E-state index in [0.29, 0.717) is 32.5 Å². The van der Waals surface area contributed by atoms with E-state index in [1.165, 1.54) is 12.8 Å². The third-order valence-corrected chi connectivity index (χ3v) is 4.40. The van der Waals surface area contributed by atoms with Gasteiger partial charge in [-0.05, 0) is 51.7 Å². The first-order chi connectivity index (χ1) is 10.5. The monoisotopic (exact) mass is 314 g/mol. The Bertz CT molecular complexity index is 319. The lowest BCUT2D eigenvalue weighted by atomic mass is 9.96. The van der Waals surface area contributed by atoms with Gasteiger partial charge in [-0.15, -0.1) is 0 Å². The normalized spacial score (nSPS) is 21.8. The Balaban J connectivity index is 2.31. The maximum atomic E-state index is 12.0. The van der Waals surface area contributed by atoms with E-state index in [9.17, 15) is 9.90 Å². The predicted octanol–water partition coefficient (Wildman–Crippen LogP) is 1.89. The van der Waals surface area contributed by atoms with E-state index in [-0.39, 0.29) is 5.91 Å². The fourth-order valence-electron chi connectivity index (χ4n) is 3.22. The van der Waals surface area contributed by atoms with Gasteiger partial charge in [-0.2, -0.15) is 0 Å². The minimum absolute atomic E-state index is 0.0939. The van der Waals surface area contributed by atoms with Gasteiger partial charge in [0.2, 0.25) is 5.91 Å². The zero-order valence-electron chi connectivity index (χ0n) is 14.6. The Morgan fingerprint density at radius 1 is 1.27 bits per heavy atom. The number of amides is 1. The molecule has 0 aromatic heterocycles. The van der Waals surface area contributed by atoms with Crippen LogP contribution in [0.15, 0.2) is 0 Å². The molecule has 1 saturated heterocycles. The number of ether oxygens (including phenoxy) is 1. The van der Waals surface area contributed by atoms with Gasteiger partial charge < -0.3 is 19.6 Å². The van der Waals surface area contributed by atoms with Crippen molar-refractivity contribution in [3.63, 3.8) is 0 Å². The number of nitrogens with zero attached hydrogens (tertiary/aromatic N) is 2. The number of carbonyl (C=O) groups excluding carboxylic acids is 1. The fraction of sp³-hybridized carbons (Fsp3) is 0.941. The van der Waals surface area contributed by atoms with Crippen LogP contribution >= 0.6 is 0 Å². The number of β-amino-alcohol motifs (C(OH)–C–C–N with tert-alkyl or cyclic N) is 1. The highest BCUT2D eigenvalue weighted by atomic mass is 16.5. The SMILES string of the molecule is CCCN(CCC)CCCC1(O)CCN(C(=O)CCOC)C1. The molecular formula is C17H34N2O3. The highest BCUT2D eigenvalue weighted by molar-refractivity contribution is 5.76. The third kappa shape index (κ3) is 6.63. The molecule has 1 N–H and O–H groups in total. The van der Waals surface area contributed by atoms with Crippen LogP contribution in [0, 0.1) is 0 Å². The van der Waals surface area contributed by atoms with Crippen LogP contribution in [0.25, 0.3) is 0 Å². The largest absolute Gasteiger partial charge is 0.388 e. The maximum absolute atomic E-state index is 12.0. The van der Waals surface area contributed by atoms with Gasteiger partial charge >= 0.3 is 0 Å². The topological polar surface area (TPSA) is 53.0 Å². The molecule has 0 bridgehead atoms. The first-order valence-electron chi connectivity index (χ1n) is 8.76. The van der Waals surface area contributed by atoms with Gasteiger partial charge in [0.25, 0.3) is 0 Å². The molecule has 5 nitrogen and oxygen atoms in total. The second-order valence-corrected chi connectivity index (χ2v) is 6.48. The van der Waals surface area contributed by atoms with Gasteiger partial charge in [0.1, 0.15) is 0 Å². The Kier molecular flexibility index (Phi) is 8.98. The standard InChI is InChI=1S/C17H34N2O3/c1-4-10-18(11-5-2)12-6-8-17(21)9-13-19(15-17)16(20)7-14-22-3/h21H,4-15H2,1-3H3. The molecule has 0 aromatic rings. The Hall–Kier alpha value is -0.650. The average Bonchev–Trinajstić information content (AvgIpc) is 2.88. The lowest BCUT2D eigenvalue weighted by Gasteiger charge is -2.26. The number of hydrogen-bond donors (Lipinski definition) is 1. The minimum Gasteiger partial charge on any atom is -0.388 e. The summed E-state index contributed by atoms with van der Waals surface area (Å²) in [6, 6.07) is 0. The molecule has 1 unspecified atom stereocenters. The molecular weight excluding hydrogens is 280 g/mol. The maximum Gasteiger partial charge on any atom is 0.224 e. The van der Waals surface area contributed by atoms with Crippen LogP contribution in [0.4, 0.5) is 0 Å². The number of aliphatic hydroxyl groups is 1. The zero-order valence-corrected chi connectivity index (χ0v) is 14.6. The van der Waals surface area contributed by atoms with Gasteiger partial charge in [0.15, 0.2) is 0 Å². The molecule has 0 aliphatic carbocycles. The van der Waals surface area contributed by atoms with Crippen molar-refractivity contribution >= 4 is 5.91 Å². The second kappa shape index (κ2) is 10.2. The van der Waals surface area contributed by atoms with E-state index >= 15 is 0 Å². The van der Waals surface area contributed by atoms with Crippen molar-refractivity contribution < 1.29 is 14.6 Å². The molecule has 0 aromatic carbocycles. The van der Waals surface area contributed by atoms with Gasteiger partial charge in [0.05, 0.1) is 18.6 Å². The van der Waals surface area contributed by atoms with E-state index in [2.05, 4.69) is 18.7 Å². The molecule has 130 valence electrons. The van der Waals surface area contributed by atoms with E-state index < -0.39 is 5.60 Å². The Morgan fingerprint density at radius 2 is 1.95 bits per heavy atom. The summed E-state index contributed by atoms with van der Waals surface area (Å²) in [5.41, 5.74) is -0.688. The van der Waals surface area contributed by atoms with Crippen molar-refractivity contribution in [3.05, 3.63) is 0 Å². The third-order valence-electron chi connectivity index (χ3n) is 4.40. The average molecular weight is 314 g/mol. The van der Waals surface area contributed by atoms with Crippen LogP contribution in [0.3, 0.4) is 0 Å². The highest BCUT2D eigenvalue weighted by Crippen LogP contribution is 2.26. The molecule has 5 heteroatoms. The molecule has 22 heavy (non-hydrogen) atoms. The summed E-state index contributed by atoms with van der Waals surface area (Å²) in [5.74, 6) is 0.0939. The van der Waals surface area contributed by atoms with Crippen LogP contribution in [-0.4, -0.2) is 72.9 Å². The van der Waals surface area contributed by atoms with Crippen LogP contribution in [0.1, 0.15) is 52.4 Å². The molecule has 0 saturated carbocycles. The van der Waals surface area contributed by atoms with E-state index in [0.717, 1.165) is 32.5 Å². The zero-order chi connectivity index (χ0) is 16.4. The Labute approximate surface area is 135 Å². The molecule has 1 fully saturated rings. The van der Waals surface area contributed by atoms with Gasteiger partial charge in [-0.3, -0.25) is 4.79 Å². The first kappa shape index (κ1) is 19.4. The quantitative estimate of drug-likeness (QED) is 0.633. The van der Waals surface area contributed by atoms with E-state index in [4.69, 9.17) is 4.74 Å². The number of methoxy groups -OCH3 is 1. The molecule has 1 amide bonds. The van der Waals surface area contributed by atoms with Crippen molar-refractivity contribution in [2.45, 2.75) is 58.0 Å². The molecule has 0 spiro atoms. The lowest BCUT2D eigenvalue weighted by molar-refractivity contribution is -0.132. The highest BCUT2D eigenvalue weighted by Gasteiger charge is 2.37. The van der Waals surface area contributed by atoms with Crippen molar-refractivity contribution in [2.24, 2.45) is 0 Å². The van der Waals surface area contributed by atoms with Crippen LogP contribution in [-0.2, 0) is 9.53 Å². The summed E-state index contributed by atoms with van der Waals surface area (Å²) in [4.78, 5) is 16.2. The molecule has 0 radical (unpaired) electrons. The second-order valence-electron chi connectivity index (χ2n) is 6.48. The van der Waals surface area contributed by atoms with Crippen LogP contribution in [0.5, 0.6) is 0 Å². The number of hydrogen-bond acceptors (Lipinski definition) is 4. The summed E-state index contributed by atoms with van der Waals surface area (Å²) < 4.78 is 4.95. The molecule has 1 aliphatic heterocycles. The summed E-state index contributed by atoms with van der Waals surface area (Å²) in [6.07, 6.45) is 5.24. The number of carbonyl (C=O) groups is 1. The summed E-state index contributed by atoms with van der Waals surface area (Å²) >= 11 is 0. The molecule has 1 rings (SSSR count). The predicted molar refractivity (Wildman–Crippen MR) is 88.9 cm³/mol. The first-order valence-corrected chi connectivity index (χ1v) is 8.76.